The monoisotopic (exact) mass is 511 g/mol. The van der Waals surface area contributed by atoms with Crippen molar-refractivity contribution in [1.29, 1.82) is 0 Å². The Morgan fingerprint density at radius 1 is 1.03 bits per heavy atom. The average Bonchev–Trinajstić information content (AvgIpc) is 2.83. The van der Waals surface area contributed by atoms with Crippen molar-refractivity contribution >= 4 is 35.1 Å². The molecule has 36 heavy (non-hydrogen) atoms. The van der Waals surface area contributed by atoms with Gasteiger partial charge in [-0.3, -0.25) is 25.0 Å². The molecule has 4 N–H and O–H groups in total. The molecule has 2 heterocycles. The van der Waals surface area contributed by atoms with Crippen molar-refractivity contribution in [2.75, 3.05) is 29.9 Å². The fraction of sp³-hybridized carbons (Fsp3) is 0.583. The first kappa shape index (κ1) is 27.4. The molecule has 0 bridgehead atoms. The lowest BCUT2D eigenvalue weighted by Gasteiger charge is -2.48. The molecule has 9 nitrogen and oxygen atoms in total. The van der Waals surface area contributed by atoms with E-state index in [1.54, 1.807) is 5.32 Å². The highest BCUT2D eigenvalue weighted by molar-refractivity contribution is 6.20. The van der Waals surface area contributed by atoms with Crippen molar-refractivity contribution in [3.8, 4) is 0 Å². The Balaban J connectivity index is 1.85. The fourth-order valence-electron chi connectivity index (χ4n) is 4.84. The first-order chi connectivity index (χ1) is 17.1. The number of hydrogen-bond acceptors (Lipinski definition) is 6. The number of benzene rings is 1. The van der Waals surface area contributed by atoms with Crippen LogP contribution in [0.1, 0.15) is 51.9 Å². The number of amides is 5. The summed E-state index contributed by atoms with van der Waals surface area (Å²) in [5.41, 5.74) is -0.991. The fourth-order valence-corrected chi connectivity index (χ4v) is 4.84. The summed E-state index contributed by atoms with van der Waals surface area (Å²) >= 11 is 0. The van der Waals surface area contributed by atoms with Crippen LogP contribution in [0.15, 0.2) is 24.3 Å². The number of carbonyl (C=O) groups excluding carboxylic acids is 4. The summed E-state index contributed by atoms with van der Waals surface area (Å²) in [5, 5.41) is 9.53. The Morgan fingerprint density at radius 3 is 2.25 bits per heavy atom. The van der Waals surface area contributed by atoms with Gasteiger partial charge in [-0.25, -0.2) is 4.79 Å². The van der Waals surface area contributed by atoms with Crippen molar-refractivity contribution in [2.45, 2.75) is 64.1 Å². The molecule has 12 heteroatoms. The van der Waals surface area contributed by atoms with Gasteiger partial charge in [0.25, 0.3) is 0 Å². The lowest BCUT2D eigenvalue weighted by atomic mass is 9.71. The minimum absolute atomic E-state index is 0.0340. The Labute approximate surface area is 207 Å². The van der Waals surface area contributed by atoms with E-state index in [-0.39, 0.29) is 18.7 Å². The van der Waals surface area contributed by atoms with Gasteiger partial charge < -0.3 is 15.5 Å². The van der Waals surface area contributed by atoms with Crippen LogP contribution >= 0.6 is 0 Å². The van der Waals surface area contributed by atoms with E-state index in [1.165, 1.54) is 24.3 Å². The first-order valence-corrected chi connectivity index (χ1v) is 12.2. The standard InChI is InChI=1S/C24H32F3N5O4/c1-2-3-4-5-6-7-12-23(19(33)30-22(36)31-20(23)34)18-15-28-13-14-32(18)17-10-8-16(9-11-17)29-21(35)24(25,26)27/h8-11,18,28H,2-7,12-15H2,1H3,(H,29,35)(H2,30,31,33,34,36). The van der Waals surface area contributed by atoms with Crippen LogP contribution in [0.5, 0.6) is 0 Å². The zero-order valence-electron chi connectivity index (χ0n) is 20.2. The van der Waals surface area contributed by atoms with Crippen LogP contribution in [0.25, 0.3) is 0 Å². The average molecular weight is 512 g/mol. The second-order valence-corrected chi connectivity index (χ2v) is 9.14. The zero-order valence-corrected chi connectivity index (χ0v) is 20.2. The number of barbiturate groups is 1. The summed E-state index contributed by atoms with van der Waals surface area (Å²) in [4.78, 5) is 51.4. The van der Waals surface area contributed by atoms with E-state index in [2.05, 4.69) is 22.9 Å². The molecule has 0 spiro atoms. The molecule has 2 fully saturated rings. The van der Waals surface area contributed by atoms with Gasteiger partial charge in [-0.2, -0.15) is 13.2 Å². The van der Waals surface area contributed by atoms with Crippen molar-refractivity contribution in [2.24, 2.45) is 5.41 Å². The predicted molar refractivity (Wildman–Crippen MR) is 127 cm³/mol. The quantitative estimate of drug-likeness (QED) is 0.283. The largest absolute Gasteiger partial charge is 0.471 e. The van der Waals surface area contributed by atoms with Crippen LogP contribution < -0.4 is 26.2 Å². The molecule has 5 amide bonds. The minimum atomic E-state index is -5.01. The molecule has 1 atom stereocenters. The van der Waals surface area contributed by atoms with E-state index in [0.29, 0.717) is 25.2 Å². The molecule has 0 saturated carbocycles. The highest BCUT2D eigenvalue weighted by Gasteiger charge is 2.57. The van der Waals surface area contributed by atoms with Crippen LogP contribution in [0, 0.1) is 5.41 Å². The maximum absolute atomic E-state index is 13.2. The molecular formula is C24H32F3N5O4. The van der Waals surface area contributed by atoms with Crippen LogP contribution in [0.4, 0.5) is 29.3 Å². The van der Waals surface area contributed by atoms with Gasteiger partial charge in [-0.1, -0.05) is 45.4 Å². The highest BCUT2D eigenvalue weighted by Crippen LogP contribution is 2.38. The second-order valence-electron chi connectivity index (χ2n) is 9.14. The lowest BCUT2D eigenvalue weighted by molar-refractivity contribution is -0.167. The molecule has 0 radical (unpaired) electrons. The van der Waals surface area contributed by atoms with Gasteiger partial charge in [0.1, 0.15) is 5.41 Å². The summed E-state index contributed by atoms with van der Waals surface area (Å²) < 4.78 is 37.7. The maximum Gasteiger partial charge on any atom is 0.471 e. The van der Waals surface area contributed by atoms with Gasteiger partial charge in [0, 0.05) is 31.0 Å². The number of imide groups is 2. The number of anilines is 2. The van der Waals surface area contributed by atoms with E-state index in [1.807, 2.05) is 4.90 Å². The van der Waals surface area contributed by atoms with Gasteiger partial charge in [0.2, 0.25) is 11.8 Å². The van der Waals surface area contributed by atoms with E-state index < -0.39 is 41.4 Å². The third-order valence-electron chi connectivity index (χ3n) is 6.72. The summed E-state index contributed by atoms with van der Waals surface area (Å²) in [5.74, 6) is -3.39. The number of alkyl halides is 3. The summed E-state index contributed by atoms with van der Waals surface area (Å²) in [6.07, 6.45) is 0.934. The normalized spacial score (nSPS) is 20.1. The van der Waals surface area contributed by atoms with E-state index >= 15 is 0 Å². The Hall–Kier alpha value is -3.15. The maximum atomic E-state index is 13.2. The number of hydrogen-bond donors (Lipinski definition) is 4. The third-order valence-corrected chi connectivity index (χ3v) is 6.72. The van der Waals surface area contributed by atoms with Gasteiger partial charge >= 0.3 is 18.1 Å². The number of piperazine rings is 1. The molecule has 2 aliphatic heterocycles. The molecule has 2 saturated heterocycles. The molecule has 0 aromatic heterocycles. The number of nitrogens with one attached hydrogen (secondary N) is 4. The van der Waals surface area contributed by atoms with Crippen LogP contribution in [-0.4, -0.2) is 55.6 Å². The molecule has 3 rings (SSSR count). The van der Waals surface area contributed by atoms with Gasteiger partial charge in [-0.15, -0.1) is 0 Å². The smallest absolute Gasteiger partial charge is 0.364 e. The second kappa shape index (κ2) is 11.7. The van der Waals surface area contributed by atoms with E-state index in [4.69, 9.17) is 0 Å². The summed E-state index contributed by atoms with van der Waals surface area (Å²) in [6, 6.07) is 4.24. The molecule has 198 valence electrons. The number of carbonyl (C=O) groups is 4. The number of nitrogens with zero attached hydrogens (tertiary/aromatic N) is 1. The number of halogens is 3. The summed E-state index contributed by atoms with van der Waals surface area (Å²) in [6.45, 7) is 3.38. The Bertz CT molecular complexity index is 947. The molecule has 1 aromatic carbocycles. The van der Waals surface area contributed by atoms with Crippen molar-refractivity contribution in [1.82, 2.24) is 16.0 Å². The molecular weight excluding hydrogens is 479 g/mol. The van der Waals surface area contributed by atoms with Crippen molar-refractivity contribution in [3.63, 3.8) is 0 Å². The SMILES string of the molecule is CCCCCCCCC1(C2CNCCN2c2ccc(NC(=O)C(F)(F)F)cc2)C(=O)NC(=O)NC1=O. The predicted octanol–water partition coefficient (Wildman–Crippen LogP) is 3.07. The van der Waals surface area contributed by atoms with Crippen LogP contribution in [-0.2, 0) is 14.4 Å². The molecule has 1 unspecified atom stereocenters. The van der Waals surface area contributed by atoms with Gasteiger partial charge in [-0.05, 0) is 30.7 Å². The van der Waals surface area contributed by atoms with Crippen molar-refractivity contribution < 1.29 is 32.3 Å². The van der Waals surface area contributed by atoms with Gasteiger partial charge in [0.05, 0.1) is 6.04 Å². The highest BCUT2D eigenvalue weighted by atomic mass is 19.4. The van der Waals surface area contributed by atoms with E-state index in [0.717, 1.165) is 32.1 Å². The van der Waals surface area contributed by atoms with Crippen LogP contribution in [0.2, 0.25) is 0 Å². The Kier molecular flexibility index (Phi) is 8.93. The van der Waals surface area contributed by atoms with Crippen LogP contribution in [0.3, 0.4) is 0 Å². The number of unbranched alkanes of at least 4 members (excludes halogenated alkanes) is 5. The first-order valence-electron chi connectivity index (χ1n) is 12.2. The molecule has 0 aliphatic carbocycles. The topological polar surface area (TPSA) is 120 Å². The number of urea groups is 1. The van der Waals surface area contributed by atoms with E-state index in [9.17, 15) is 32.3 Å². The summed E-state index contributed by atoms with van der Waals surface area (Å²) in [7, 11) is 0. The molecule has 1 aromatic rings. The van der Waals surface area contributed by atoms with Crippen molar-refractivity contribution in [3.05, 3.63) is 24.3 Å². The lowest BCUT2D eigenvalue weighted by Crippen LogP contribution is -2.72. The Morgan fingerprint density at radius 2 is 1.64 bits per heavy atom. The molecule has 2 aliphatic rings. The number of rotatable bonds is 10. The zero-order chi connectivity index (χ0) is 26.3. The van der Waals surface area contributed by atoms with Gasteiger partial charge in [0.15, 0.2) is 0 Å². The third kappa shape index (κ3) is 6.15. The minimum Gasteiger partial charge on any atom is -0.364 e.